The third-order valence-electron chi connectivity index (χ3n) is 3.95. The van der Waals surface area contributed by atoms with Crippen LogP contribution in [0.2, 0.25) is 0 Å². The Labute approximate surface area is 161 Å². The number of carbonyl (C=O) groups is 2. The molecule has 0 radical (unpaired) electrons. The van der Waals surface area contributed by atoms with Crippen LogP contribution in [0.3, 0.4) is 0 Å². The monoisotopic (exact) mass is 411 g/mol. The van der Waals surface area contributed by atoms with Crippen LogP contribution in [-0.4, -0.2) is 39.2 Å². The lowest BCUT2D eigenvalue weighted by atomic mass is 10.1. The second kappa shape index (κ2) is 9.41. The van der Waals surface area contributed by atoms with E-state index in [0.717, 1.165) is 19.2 Å². The fourth-order valence-corrected chi connectivity index (χ4v) is 3.84. The largest absolute Gasteiger partial charge is 0.467 e. The maximum Gasteiger partial charge on any atom is 0.328 e. The Morgan fingerprint density at radius 3 is 2.36 bits per heavy atom. The van der Waals surface area contributed by atoms with Crippen LogP contribution in [0.5, 0.6) is 0 Å². The average molecular weight is 411 g/mol. The fourth-order valence-electron chi connectivity index (χ4n) is 2.49. The maximum atomic E-state index is 13.2. The first kappa shape index (κ1) is 21.5. The molecule has 1 amide bonds. The molecule has 0 fully saturated rings. The van der Waals surface area contributed by atoms with Gasteiger partial charge < -0.3 is 10.1 Å². The molecule has 0 heterocycles. The number of halogens is 2. The van der Waals surface area contributed by atoms with E-state index < -0.39 is 39.4 Å². The highest BCUT2D eigenvalue weighted by atomic mass is 32.2. The lowest BCUT2D eigenvalue weighted by Crippen LogP contribution is -2.43. The van der Waals surface area contributed by atoms with Gasteiger partial charge in [0.05, 0.1) is 24.2 Å². The number of amides is 1. The number of nitrogens with one attached hydrogen (secondary N) is 1. The van der Waals surface area contributed by atoms with Gasteiger partial charge in [0, 0.05) is 0 Å². The highest BCUT2D eigenvalue weighted by Crippen LogP contribution is 2.13. The molecule has 0 saturated heterocycles. The van der Waals surface area contributed by atoms with Crippen molar-refractivity contribution < 1.29 is 31.5 Å². The highest BCUT2D eigenvalue weighted by Gasteiger charge is 2.25. The molecule has 0 aliphatic heterocycles. The summed E-state index contributed by atoms with van der Waals surface area (Å²) >= 11 is 0. The van der Waals surface area contributed by atoms with E-state index in [4.69, 9.17) is 0 Å². The molecule has 0 aliphatic carbocycles. The van der Waals surface area contributed by atoms with Crippen LogP contribution in [0.15, 0.2) is 53.4 Å². The molecule has 150 valence electrons. The summed E-state index contributed by atoms with van der Waals surface area (Å²) in [5.41, 5.74) is 0.205. The lowest BCUT2D eigenvalue weighted by molar-refractivity contribution is -0.145. The van der Waals surface area contributed by atoms with Crippen molar-refractivity contribution in [1.82, 2.24) is 5.32 Å². The van der Waals surface area contributed by atoms with Crippen LogP contribution < -0.4 is 5.32 Å². The van der Waals surface area contributed by atoms with Gasteiger partial charge in [0.1, 0.15) is 6.04 Å². The molecule has 28 heavy (non-hydrogen) atoms. The molecule has 0 unspecified atom stereocenters. The lowest BCUT2D eigenvalue weighted by Gasteiger charge is -2.16. The van der Waals surface area contributed by atoms with Crippen molar-refractivity contribution in [3.05, 3.63) is 65.7 Å². The minimum atomic E-state index is -3.65. The van der Waals surface area contributed by atoms with E-state index in [2.05, 4.69) is 10.1 Å². The van der Waals surface area contributed by atoms with E-state index >= 15 is 0 Å². The maximum absolute atomic E-state index is 13.2. The molecule has 0 aromatic heterocycles. The molecule has 0 saturated carbocycles. The number of hydrogen-bond donors (Lipinski definition) is 1. The number of rotatable bonds is 8. The number of benzene rings is 2. The van der Waals surface area contributed by atoms with Crippen molar-refractivity contribution in [2.75, 3.05) is 12.9 Å². The van der Waals surface area contributed by atoms with Gasteiger partial charge in [-0.05, 0) is 36.2 Å². The molecule has 2 aromatic carbocycles. The van der Waals surface area contributed by atoms with Crippen LogP contribution in [0, 0.1) is 11.6 Å². The molecular weight excluding hydrogens is 392 g/mol. The van der Waals surface area contributed by atoms with Gasteiger partial charge >= 0.3 is 5.97 Å². The number of methoxy groups -OCH3 is 1. The van der Waals surface area contributed by atoms with Gasteiger partial charge in [0.2, 0.25) is 5.91 Å². The second-order valence-electron chi connectivity index (χ2n) is 5.99. The first-order valence-corrected chi connectivity index (χ1v) is 9.97. The summed E-state index contributed by atoms with van der Waals surface area (Å²) in [6.07, 6.45) is -0.510. The number of esters is 1. The van der Waals surface area contributed by atoms with Crippen LogP contribution in [0.1, 0.15) is 12.0 Å². The Bertz CT molecular complexity index is 948. The molecule has 6 nitrogen and oxygen atoms in total. The van der Waals surface area contributed by atoms with Gasteiger partial charge in [-0.3, -0.25) is 4.79 Å². The minimum Gasteiger partial charge on any atom is -0.467 e. The summed E-state index contributed by atoms with van der Waals surface area (Å²) in [5.74, 6) is -3.98. The van der Waals surface area contributed by atoms with Crippen LogP contribution >= 0.6 is 0 Å². The van der Waals surface area contributed by atoms with E-state index in [9.17, 15) is 26.8 Å². The third-order valence-corrected chi connectivity index (χ3v) is 5.71. The van der Waals surface area contributed by atoms with E-state index in [0.29, 0.717) is 0 Å². The molecule has 0 aliphatic rings. The average Bonchev–Trinajstić information content (AvgIpc) is 2.68. The fraction of sp³-hybridized carbons (Fsp3) is 0.263. The van der Waals surface area contributed by atoms with E-state index in [-0.39, 0.29) is 29.1 Å². The Morgan fingerprint density at radius 2 is 1.75 bits per heavy atom. The predicted molar refractivity (Wildman–Crippen MR) is 97.1 cm³/mol. The molecular formula is C19H19F2NO5S. The van der Waals surface area contributed by atoms with Crippen molar-refractivity contribution in [1.29, 1.82) is 0 Å². The molecule has 9 heteroatoms. The van der Waals surface area contributed by atoms with Gasteiger partial charge in [-0.15, -0.1) is 0 Å². The van der Waals surface area contributed by atoms with Gasteiger partial charge in [-0.2, -0.15) is 0 Å². The topological polar surface area (TPSA) is 89.5 Å². The van der Waals surface area contributed by atoms with Crippen molar-refractivity contribution >= 4 is 21.7 Å². The first-order valence-electron chi connectivity index (χ1n) is 8.32. The van der Waals surface area contributed by atoms with Gasteiger partial charge in [-0.1, -0.05) is 24.3 Å². The quantitative estimate of drug-likeness (QED) is 0.672. The molecule has 2 rings (SSSR count). The third kappa shape index (κ3) is 5.85. The molecule has 0 bridgehead atoms. The highest BCUT2D eigenvalue weighted by molar-refractivity contribution is 7.91. The number of sulfone groups is 1. The summed E-state index contributed by atoms with van der Waals surface area (Å²) in [4.78, 5) is 24.2. The van der Waals surface area contributed by atoms with Crippen LogP contribution in [-0.2, 0) is 30.6 Å². The Balaban J connectivity index is 2.04. The normalized spacial score (nSPS) is 12.2. The Morgan fingerprint density at radius 1 is 1.07 bits per heavy atom. The molecule has 0 spiro atoms. The standard InChI is InChI=1S/C19H19F2NO5S/c1-27-19(24)17(9-10-28(25,26)14-5-3-2-4-6-14)22-18(23)12-13-7-8-15(20)16(21)11-13/h2-8,11,17H,9-10,12H2,1H3,(H,22,23)/t17-/m0/s1. The van der Waals surface area contributed by atoms with E-state index in [1.54, 1.807) is 18.2 Å². The van der Waals surface area contributed by atoms with Crippen LogP contribution in [0.25, 0.3) is 0 Å². The Kier molecular flexibility index (Phi) is 7.22. The number of hydrogen-bond acceptors (Lipinski definition) is 5. The summed E-state index contributed by atoms with van der Waals surface area (Å²) < 4.78 is 55.5. The van der Waals surface area contributed by atoms with Crippen molar-refractivity contribution in [3.8, 4) is 0 Å². The smallest absolute Gasteiger partial charge is 0.328 e. The second-order valence-corrected chi connectivity index (χ2v) is 8.10. The minimum absolute atomic E-state index is 0.103. The zero-order valence-corrected chi connectivity index (χ0v) is 15.8. The molecule has 2 aromatic rings. The van der Waals surface area contributed by atoms with Crippen LogP contribution in [0.4, 0.5) is 8.78 Å². The zero-order chi connectivity index (χ0) is 20.7. The van der Waals surface area contributed by atoms with Crippen molar-refractivity contribution in [2.45, 2.75) is 23.8 Å². The van der Waals surface area contributed by atoms with Gasteiger partial charge in [0.15, 0.2) is 21.5 Å². The number of ether oxygens (including phenoxy) is 1. The summed E-state index contributed by atoms with van der Waals surface area (Å²) in [6, 6.07) is 9.52. The molecule has 1 N–H and O–H groups in total. The first-order chi connectivity index (χ1) is 13.2. The van der Waals surface area contributed by atoms with Gasteiger partial charge in [0.25, 0.3) is 0 Å². The Hall–Kier alpha value is -2.81. The van der Waals surface area contributed by atoms with Gasteiger partial charge in [-0.25, -0.2) is 22.0 Å². The van der Waals surface area contributed by atoms with E-state index in [1.807, 2.05) is 0 Å². The SMILES string of the molecule is COC(=O)[C@H](CCS(=O)(=O)c1ccccc1)NC(=O)Cc1ccc(F)c(F)c1. The zero-order valence-electron chi connectivity index (χ0n) is 15.0. The summed E-state index contributed by atoms with van der Waals surface area (Å²) in [6.45, 7) is 0. The summed E-state index contributed by atoms with van der Waals surface area (Å²) in [5, 5.41) is 2.38. The number of carbonyl (C=O) groups excluding carboxylic acids is 2. The molecule has 1 atom stereocenters. The predicted octanol–water partition coefficient (Wildman–Crippen LogP) is 2.03. The van der Waals surface area contributed by atoms with Crippen molar-refractivity contribution in [2.24, 2.45) is 0 Å². The summed E-state index contributed by atoms with van der Waals surface area (Å²) in [7, 11) is -2.54. The van der Waals surface area contributed by atoms with E-state index in [1.165, 1.54) is 18.2 Å². The van der Waals surface area contributed by atoms with Crippen molar-refractivity contribution in [3.63, 3.8) is 0 Å².